The standard InChI is InChI=1S/C13H19N3/c14-12-5-10-4-11(6-12)9-16(8-10)13-2-1-3-15-7-13/h1-3,7,10-12H,4-6,8-9,14H2. The number of fused-ring (bicyclic) bond motifs is 2. The lowest BCUT2D eigenvalue weighted by molar-refractivity contribution is 0.208. The summed E-state index contributed by atoms with van der Waals surface area (Å²) in [4.78, 5) is 6.69. The van der Waals surface area contributed by atoms with Gasteiger partial charge in [-0.05, 0) is 43.2 Å². The van der Waals surface area contributed by atoms with Gasteiger partial charge in [-0.1, -0.05) is 0 Å². The molecule has 2 fully saturated rings. The fourth-order valence-electron chi connectivity index (χ4n) is 3.36. The molecule has 3 rings (SSSR count). The maximum absolute atomic E-state index is 6.08. The van der Waals surface area contributed by atoms with Gasteiger partial charge >= 0.3 is 0 Å². The van der Waals surface area contributed by atoms with Gasteiger partial charge in [0.25, 0.3) is 0 Å². The molecular weight excluding hydrogens is 198 g/mol. The van der Waals surface area contributed by atoms with Gasteiger partial charge in [-0.25, -0.2) is 0 Å². The third-order valence-corrected chi connectivity index (χ3v) is 3.91. The van der Waals surface area contributed by atoms with E-state index < -0.39 is 0 Å². The van der Waals surface area contributed by atoms with E-state index in [1.807, 2.05) is 18.5 Å². The van der Waals surface area contributed by atoms with Gasteiger partial charge in [0, 0.05) is 25.3 Å². The zero-order chi connectivity index (χ0) is 11.0. The number of hydrogen-bond acceptors (Lipinski definition) is 3. The minimum absolute atomic E-state index is 0.444. The molecule has 16 heavy (non-hydrogen) atoms. The molecule has 1 aromatic rings. The molecule has 1 saturated heterocycles. The second-order valence-corrected chi connectivity index (χ2v) is 5.32. The summed E-state index contributed by atoms with van der Waals surface area (Å²) in [5, 5.41) is 0. The van der Waals surface area contributed by atoms with Crippen molar-refractivity contribution >= 4 is 5.69 Å². The molecule has 0 aromatic carbocycles. The molecule has 2 unspecified atom stereocenters. The largest absolute Gasteiger partial charge is 0.370 e. The summed E-state index contributed by atoms with van der Waals surface area (Å²) in [6, 6.07) is 4.62. The minimum Gasteiger partial charge on any atom is -0.370 e. The molecule has 2 bridgehead atoms. The van der Waals surface area contributed by atoms with Crippen molar-refractivity contribution in [2.45, 2.75) is 25.3 Å². The molecule has 0 spiro atoms. The van der Waals surface area contributed by atoms with Crippen molar-refractivity contribution in [1.29, 1.82) is 0 Å². The topological polar surface area (TPSA) is 42.1 Å². The monoisotopic (exact) mass is 217 g/mol. The Labute approximate surface area is 96.7 Å². The number of anilines is 1. The fraction of sp³-hybridized carbons (Fsp3) is 0.615. The molecule has 3 heteroatoms. The van der Waals surface area contributed by atoms with Gasteiger partial charge in [0.15, 0.2) is 0 Å². The van der Waals surface area contributed by atoms with Crippen molar-refractivity contribution in [1.82, 2.24) is 4.98 Å². The van der Waals surface area contributed by atoms with E-state index in [2.05, 4.69) is 16.0 Å². The zero-order valence-electron chi connectivity index (χ0n) is 9.55. The van der Waals surface area contributed by atoms with Crippen LogP contribution in [-0.4, -0.2) is 24.1 Å². The van der Waals surface area contributed by atoms with Crippen molar-refractivity contribution in [3.8, 4) is 0 Å². The SMILES string of the molecule is NC1CC2CC(C1)CN(c1cccnc1)C2. The average molecular weight is 217 g/mol. The molecule has 3 nitrogen and oxygen atoms in total. The number of aromatic nitrogens is 1. The van der Waals surface area contributed by atoms with Crippen molar-refractivity contribution in [3.63, 3.8) is 0 Å². The number of rotatable bonds is 1. The maximum atomic E-state index is 6.08. The Morgan fingerprint density at radius 1 is 1.19 bits per heavy atom. The number of pyridine rings is 1. The smallest absolute Gasteiger partial charge is 0.0552 e. The first kappa shape index (κ1) is 10.1. The molecule has 2 aliphatic rings. The number of nitrogens with zero attached hydrogens (tertiary/aromatic N) is 2. The minimum atomic E-state index is 0.444. The number of piperidine rings is 1. The van der Waals surface area contributed by atoms with Gasteiger partial charge in [0.05, 0.1) is 11.9 Å². The van der Waals surface area contributed by atoms with E-state index in [1.54, 1.807) is 0 Å². The summed E-state index contributed by atoms with van der Waals surface area (Å²) in [5.74, 6) is 1.59. The number of hydrogen-bond donors (Lipinski definition) is 1. The lowest BCUT2D eigenvalue weighted by Crippen LogP contribution is -2.47. The van der Waals surface area contributed by atoms with Gasteiger partial charge in [-0.15, -0.1) is 0 Å². The average Bonchev–Trinajstić information content (AvgIpc) is 2.28. The first-order valence-corrected chi connectivity index (χ1v) is 6.22. The number of nitrogens with two attached hydrogens (primary N) is 1. The van der Waals surface area contributed by atoms with Crippen molar-refractivity contribution < 1.29 is 0 Å². The third-order valence-electron chi connectivity index (χ3n) is 3.91. The zero-order valence-corrected chi connectivity index (χ0v) is 9.55. The molecule has 2 N–H and O–H groups in total. The van der Waals surface area contributed by atoms with Crippen LogP contribution in [0.5, 0.6) is 0 Å². The Bertz CT molecular complexity index is 333. The highest BCUT2D eigenvalue weighted by atomic mass is 15.1. The maximum Gasteiger partial charge on any atom is 0.0552 e. The normalized spacial score (nSPS) is 33.8. The highest BCUT2D eigenvalue weighted by Gasteiger charge is 2.33. The summed E-state index contributed by atoms with van der Waals surface area (Å²) in [6.07, 6.45) is 7.59. The molecule has 86 valence electrons. The van der Waals surface area contributed by atoms with E-state index in [1.165, 1.54) is 24.9 Å². The summed E-state index contributed by atoms with van der Waals surface area (Å²) in [7, 11) is 0. The summed E-state index contributed by atoms with van der Waals surface area (Å²) < 4.78 is 0. The van der Waals surface area contributed by atoms with E-state index in [4.69, 9.17) is 5.73 Å². The summed E-state index contributed by atoms with van der Waals surface area (Å²) in [5.41, 5.74) is 7.35. The van der Waals surface area contributed by atoms with E-state index in [-0.39, 0.29) is 0 Å². The van der Waals surface area contributed by atoms with Crippen LogP contribution >= 0.6 is 0 Å². The van der Waals surface area contributed by atoms with Gasteiger partial charge in [-0.2, -0.15) is 0 Å². The summed E-state index contributed by atoms with van der Waals surface area (Å²) in [6.45, 7) is 2.33. The first-order valence-electron chi connectivity index (χ1n) is 6.22. The van der Waals surface area contributed by atoms with Crippen LogP contribution in [0.4, 0.5) is 5.69 Å². The Hall–Kier alpha value is -1.09. The van der Waals surface area contributed by atoms with Gasteiger partial charge in [-0.3, -0.25) is 4.98 Å². The van der Waals surface area contributed by atoms with Crippen LogP contribution < -0.4 is 10.6 Å². The second-order valence-electron chi connectivity index (χ2n) is 5.32. The predicted octanol–water partition coefficient (Wildman–Crippen LogP) is 1.65. The highest BCUT2D eigenvalue weighted by Crippen LogP contribution is 2.35. The van der Waals surface area contributed by atoms with Crippen LogP contribution in [0.2, 0.25) is 0 Å². The predicted molar refractivity (Wildman–Crippen MR) is 65.3 cm³/mol. The molecule has 1 saturated carbocycles. The van der Waals surface area contributed by atoms with Crippen molar-refractivity contribution in [3.05, 3.63) is 24.5 Å². The van der Waals surface area contributed by atoms with Crippen LogP contribution in [0.1, 0.15) is 19.3 Å². The Kier molecular flexibility index (Phi) is 2.56. The molecule has 1 aliphatic carbocycles. The fourth-order valence-corrected chi connectivity index (χ4v) is 3.36. The third kappa shape index (κ3) is 1.92. The van der Waals surface area contributed by atoms with Crippen LogP contribution in [-0.2, 0) is 0 Å². The first-order chi connectivity index (χ1) is 7.81. The lowest BCUT2D eigenvalue weighted by Gasteiger charge is -2.44. The van der Waals surface area contributed by atoms with Gasteiger partial charge in [0.2, 0.25) is 0 Å². The molecule has 2 atom stereocenters. The van der Waals surface area contributed by atoms with Crippen molar-refractivity contribution in [2.24, 2.45) is 17.6 Å². The van der Waals surface area contributed by atoms with E-state index in [0.717, 1.165) is 24.9 Å². The van der Waals surface area contributed by atoms with E-state index >= 15 is 0 Å². The molecular formula is C13H19N3. The van der Waals surface area contributed by atoms with Crippen molar-refractivity contribution in [2.75, 3.05) is 18.0 Å². The molecule has 1 aromatic heterocycles. The molecule has 1 aliphatic heterocycles. The van der Waals surface area contributed by atoms with Crippen LogP contribution in [0.3, 0.4) is 0 Å². The second kappa shape index (κ2) is 4.06. The van der Waals surface area contributed by atoms with Gasteiger partial charge in [0.1, 0.15) is 0 Å². The van der Waals surface area contributed by atoms with Gasteiger partial charge < -0.3 is 10.6 Å². The summed E-state index contributed by atoms with van der Waals surface area (Å²) >= 11 is 0. The Morgan fingerprint density at radius 3 is 2.56 bits per heavy atom. The van der Waals surface area contributed by atoms with Crippen LogP contribution in [0.15, 0.2) is 24.5 Å². The lowest BCUT2D eigenvalue weighted by atomic mass is 9.75. The highest BCUT2D eigenvalue weighted by molar-refractivity contribution is 5.44. The molecule has 0 amide bonds. The Balaban J connectivity index is 1.76. The van der Waals surface area contributed by atoms with E-state index in [9.17, 15) is 0 Å². The van der Waals surface area contributed by atoms with Crippen LogP contribution in [0.25, 0.3) is 0 Å². The van der Waals surface area contributed by atoms with E-state index in [0.29, 0.717) is 6.04 Å². The van der Waals surface area contributed by atoms with Crippen LogP contribution in [0, 0.1) is 11.8 Å². The molecule has 0 radical (unpaired) electrons. The Morgan fingerprint density at radius 2 is 1.94 bits per heavy atom. The molecule has 2 heterocycles. The quantitative estimate of drug-likeness (QED) is 0.777.